The first-order chi connectivity index (χ1) is 15.4. The molecular weight excluding hydrogens is 446 g/mol. The summed E-state index contributed by atoms with van der Waals surface area (Å²) in [5.41, 5.74) is 7.73. The van der Waals surface area contributed by atoms with Crippen molar-refractivity contribution in [1.82, 2.24) is 4.98 Å². The third kappa shape index (κ3) is 4.00. The number of amides is 2. The lowest BCUT2D eigenvalue weighted by Crippen LogP contribution is -2.16. The third-order valence-corrected chi connectivity index (χ3v) is 6.93. The predicted molar refractivity (Wildman–Crippen MR) is 127 cm³/mol. The number of pyridine rings is 1. The molecule has 162 valence electrons. The van der Waals surface area contributed by atoms with E-state index in [0.29, 0.717) is 27.7 Å². The number of nitrogens with two attached hydrogens (primary N) is 1. The number of carbonyl (C=O) groups excluding carboxylic acids is 3. The van der Waals surface area contributed by atoms with Crippen molar-refractivity contribution >= 4 is 56.4 Å². The summed E-state index contributed by atoms with van der Waals surface area (Å²) in [4.78, 5) is 43.5. The molecule has 4 aromatic rings. The molecule has 0 aliphatic rings. The van der Waals surface area contributed by atoms with Crippen molar-refractivity contribution in [3.63, 3.8) is 0 Å². The maximum Gasteiger partial charge on any atom is 0.341 e. The Morgan fingerprint density at radius 3 is 2.62 bits per heavy atom. The molecule has 7 nitrogen and oxygen atoms in total. The second kappa shape index (κ2) is 8.89. The molecule has 9 heteroatoms. The zero-order valence-corrected chi connectivity index (χ0v) is 18.9. The molecule has 0 fully saturated rings. The first-order valence-corrected chi connectivity index (χ1v) is 11.5. The molecule has 0 saturated heterocycles. The number of aromatic nitrogens is 1. The molecule has 0 atom stereocenters. The lowest BCUT2D eigenvalue weighted by Gasteiger charge is -2.10. The highest BCUT2D eigenvalue weighted by molar-refractivity contribution is 7.18. The molecule has 3 aromatic heterocycles. The maximum atomic E-state index is 13.4. The van der Waals surface area contributed by atoms with Crippen molar-refractivity contribution in [2.24, 2.45) is 5.73 Å². The van der Waals surface area contributed by atoms with Crippen LogP contribution in [0.4, 0.5) is 5.00 Å². The smallest absolute Gasteiger partial charge is 0.341 e. The average molecular weight is 466 g/mol. The Bertz CT molecular complexity index is 1340. The van der Waals surface area contributed by atoms with E-state index in [9.17, 15) is 14.4 Å². The summed E-state index contributed by atoms with van der Waals surface area (Å²) in [7, 11) is 0. The lowest BCUT2D eigenvalue weighted by atomic mass is 10.1. The number of para-hydroxylation sites is 1. The predicted octanol–water partition coefficient (Wildman–Crippen LogP) is 4.86. The molecule has 0 spiro atoms. The SMILES string of the molecule is CCOC(=O)c1c(NC(=O)c2cc(-c3cccs3)nc3ccccc23)sc(C(N)=O)c1C. The Kier molecular flexibility index (Phi) is 6.02. The number of nitrogens with zero attached hydrogens (tertiary/aromatic N) is 1. The van der Waals surface area contributed by atoms with Gasteiger partial charge in [-0.05, 0) is 43.0 Å². The number of thiophene rings is 2. The van der Waals surface area contributed by atoms with Gasteiger partial charge in [-0.15, -0.1) is 22.7 Å². The van der Waals surface area contributed by atoms with Crippen LogP contribution in [0.15, 0.2) is 47.8 Å². The number of hydrogen-bond acceptors (Lipinski definition) is 7. The number of fused-ring (bicyclic) bond motifs is 1. The number of ether oxygens (including phenoxy) is 1. The Morgan fingerprint density at radius 2 is 1.94 bits per heavy atom. The topological polar surface area (TPSA) is 111 Å². The van der Waals surface area contributed by atoms with Gasteiger partial charge in [0.15, 0.2) is 0 Å². The number of esters is 1. The molecule has 2 amide bonds. The van der Waals surface area contributed by atoms with Crippen molar-refractivity contribution in [1.29, 1.82) is 0 Å². The largest absolute Gasteiger partial charge is 0.462 e. The highest BCUT2D eigenvalue weighted by atomic mass is 32.1. The van der Waals surface area contributed by atoms with Crippen LogP contribution in [-0.2, 0) is 4.74 Å². The standard InChI is InChI=1S/C23H19N3O4S2/c1-3-30-23(29)18-12(2)19(20(24)27)32-22(18)26-21(28)14-11-16(17-9-6-10-31-17)25-15-8-5-4-7-13(14)15/h4-11H,3H2,1-2H3,(H2,24,27)(H,26,28). The van der Waals surface area contributed by atoms with E-state index in [2.05, 4.69) is 10.3 Å². The Labute approximate surface area is 191 Å². The molecule has 4 rings (SSSR count). The summed E-state index contributed by atoms with van der Waals surface area (Å²) in [6.07, 6.45) is 0. The van der Waals surface area contributed by atoms with Gasteiger partial charge in [-0.2, -0.15) is 0 Å². The first-order valence-electron chi connectivity index (χ1n) is 9.76. The number of benzene rings is 1. The van der Waals surface area contributed by atoms with Crippen molar-refractivity contribution < 1.29 is 19.1 Å². The quantitative estimate of drug-likeness (QED) is 0.395. The summed E-state index contributed by atoms with van der Waals surface area (Å²) in [5.74, 6) is -1.72. The minimum absolute atomic E-state index is 0.135. The van der Waals surface area contributed by atoms with Crippen LogP contribution in [0.3, 0.4) is 0 Å². The Hall–Kier alpha value is -3.56. The van der Waals surface area contributed by atoms with Crippen molar-refractivity contribution in [3.05, 3.63) is 69.4 Å². The number of rotatable bonds is 6. The summed E-state index contributed by atoms with van der Waals surface area (Å²) in [6, 6.07) is 12.9. The van der Waals surface area contributed by atoms with Gasteiger partial charge in [-0.25, -0.2) is 9.78 Å². The van der Waals surface area contributed by atoms with E-state index >= 15 is 0 Å². The molecule has 0 saturated carbocycles. The molecule has 0 unspecified atom stereocenters. The van der Waals surface area contributed by atoms with Gasteiger partial charge in [-0.3, -0.25) is 9.59 Å². The highest BCUT2D eigenvalue weighted by Crippen LogP contribution is 2.35. The van der Waals surface area contributed by atoms with E-state index in [0.717, 1.165) is 16.2 Å². The molecule has 1 aromatic carbocycles. The second-order valence-electron chi connectivity index (χ2n) is 6.85. The van der Waals surface area contributed by atoms with Crippen LogP contribution in [-0.4, -0.2) is 29.4 Å². The molecule has 3 heterocycles. The second-order valence-corrected chi connectivity index (χ2v) is 8.82. The maximum absolute atomic E-state index is 13.4. The zero-order chi connectivity index (χ0) is 22.8. The fourth-order valence-corrected chi connectivity index (χ4v) is 5.10. The van der Waals surface area contributed by atoms with Crippen LogP contribution >= 0.6 is 22.7 Å². The molecule has 0 radical (unpaired) electrons. The van der Waals surface area contributed by atoms with Gasteiger partial charge >= 0.3 is 5.97 Å². The van der Waals surface area contributed by atoms with E-state index in [4.69, 9.17) is 10.5 Å². The van der Waals surface area contributed by atoms with Crippen LogP contribution in [0.1, 0.15) is 42.9 Å². The first kappa shape index (κ1) is 21.7. The number of primary amides is 1. The van der Waals surface area contributed by atoms with Crippen LogP contribution in [0, 0.1) is 6.92 Å². The molecule has 32 heavy (non-hydrogen) atoms. The molecular formula is C23H19N3O4S2. The van der Waals surface area contributed by atoms with Crippen LogP contribution in [0.25, 0.3) is 21.5 Å². The third-order valence-electron chi connectivity index (χ3n) is 4.81. The fourth-order valence-electron chi connectivity index (χ4n) is 3.37. The molecule has 0 aliphatic heterocycles. The molecule has 0 bridgehead atoms. The monoisotopic (exact) mass is 465 g/mol. The van der Waals surface area contributed by atoms with Crippen LogP contribution < -0.4 is 11.1 Å². The summed E-state index contributed by atoms with van der Waals surface area (Å²) >= 11 is 2.48. The molecule has 3 N–H and O–H groups in total. The van der Waals surface area contributed by atoms with E-state index in [1.807, 2.05) is 41.8 Å². The molecule has 0 aliphatic carbocycles. The summed E-state index contributed by atoms with van der Waals surface area (Å²) in [5, 5.41) is 5.63. The lowest BCUT2D eigenvalue weighted by molar-refractivity contribution is 0.0527. The van der Waals surface area contributed by atoms with Gasteiger partial charge in [0.05, 0.1) is 38.7 Å². The summed E-state index contributed by atoms with van der Waals surface area (Å²) in [6.45, 7) is 3.45. The highest BCUT2D eigenvalue weighted by Gasteiger charge is 2.26. The van der Waals surface area contributed by atoms with Crippen LogP contribution in [0.5, 0.6) is 0 Å². The van der Waals surface area contributed by atoms with Gasteiger partial charge in [0, 0.05) is 5.39 Å². The van der Waals surface area contributed by atoms with Crippen molar-refractivity contribution in [3.8, 4) is 10.6 Å². The van der Waals surface area contributed by atoms with E-state index < -0.39 is 17.8 Å². The van der Waals surface area contributed by atoms with E-state index in [-0.39, 0.29) is 22.0 Å². The van der Waals surface area contributed by atoms with Crippen molar-refractivity contribution in [2.45, 2.75) is 13.8 Å². The van der Waals surface area contributed by atoms with Crippen LogP contribution in [0.2, 0.25) is 0 Å². The van der Waals surface area contributed by atoms with Crippen molar-refractivity contribution in [2.75, 3.05) is 11.9 Å². The number of hydrogen-bond donors (Lipinski definition) is 2. The Balaban J connectivity index is 1.80. The number of nitrogens with one attached hydrogen (secondary N) is 1. The number of anilines is 1. The van der Waals surface area contributed by atoms with Gasteiger partial charge in [0.1, 0.15) is 5.00 Å². The normalized spacial score (nSPS) is 10.8. The summed E-state index contributed by atoms with van der Waals surface area (Å²) < 4.78 is 5.12. The minimum atomic E-state index is -0.673. The van der Waals surface area contributed by atoms with E-state index in [1.54, 1.807) is 19.9 Å². The minimum Gasteiger partial charge on any atom is -0.462 e. The van der Waals surface area contributed by atoms with Gasteiger partial charge in [0.2, 0.25) is 0 Å². The van der Waals surface area contributed by atoms with Gasteiger partial charge in [-0.1, -0.05) is 24.3 Å². The van der Waals surface area contributed by atoms with E-state index in [1.165, 1.54) is 11.3 Å². The zero-order valence-electron chi connectivity index (χ0n) is 17.3. The fraction of sp³-hybridized carbons (Fsp3) is 0.130. The average Bonchev–Trinajstić information content (AvgIpc) is 3.41. The Morgan fingerprint density at radius 1 is 1.16 bits per heavy atom. The van der Waals surface area contributed by atoms with Gasteiger partial charge in [0.25, 0.3) is 11.8 Å². The van der Waals surface area contributed by atoms with Gasteiger partial charge < -0.3 is 15.8 Å². The number of carbonyl (C=O) groups is 3.